The first-order chi connectivity index (χ1) is 18.8. The lowest BCUT2D eigenvalue weighted by Gasteiger charge is -2.33. The number of amidine groups is 1. The molecule has 1 aromatic carbocycles. The minimum absolute atomic E-state index is 0.0363. The number of alkyl halides is 3. The third-order valence-corrected chi connectivity index (χ3v) is 7.97. The van der Waals surface area contributed by atoms with Gasteiger partial charge in [-0.25, -0.2) is 20.2 Å². The summed E-state index contributed by atoms with van der Waals surface area (Å²) in [5.41, 5.74) is 4.49. The molecule has 1 aliphatic rings. The molecule has 2 aromatic rings. The third-order valence-electron chi connectivity index (χ3n) is 5.83. The number of hydrogen-bond donors (Lipinski definition) is 4. The number of carbonyl (C=O) groups is 1. The maximum absolute atomic E-state index is 14.3. The van der Waals surface area contributed by atoms with Crippen molar-refractivity contribution in [3.8, 4) is 5.75 Å². The number of imidazole rings is 1. The van der Waals surface area contributed by atoms with Crippen molar-refractivity contribution in [3.05, 3.63) is 41.9 Å². The summed E-state index contributed by atoms with van der Waals surface area (Å²) >= 11 is 0. The van der Waals surface area contributed by atoms with Gasteiger partial charge in [0.1, 0.15) is 47.7 Å². The van der Waals surface area contributed by atoms with E-state index in [-0.39, 0.29) is 43.6 Å². The third kappa shape index (κ3) is 7.96. The lowest BCUT2D eigenvalue weighted by Crippen LogP contribution is -2.50. The number of esters is 1. The van der Waals surface area contributed by atoms with Crippen LogP contribution in [-0.2, 0) is 25.4 Å². The number of ether oxygens (including phenoxy) is 3. The number of benzene rings is 1. The minimum atomic E-state index is -4.85. The molecular formula is C24H35F3N7O5P. The van der Waals surface area contributed by atoms with Crippen LogP contribution in [0.1, 0.15) is 44.5 Å². The number of halogens is 3. The molecular weight excluding hydrogens is 554 g/mol. The zero-order valence-corrected chi connectivity index (χ0v) is 23.6. The minimum Gasteiger partial charge on any atom is -0.497 e. The predicted molar refractivity (Wildman–Crippen MR) is 143 cm³/mol. The second-order valence-electron chi connectivity index (χ2n) is 9.54. The fourth-order valence-electron chi connectivity index (χ4n) is 3.90. The summed E-state index contributed by atoms with van der Waals surface area (Å²) in [6.07, 6.45) is -3.46. The van der Waals surface area contributed by atoms with Gasteiger partial charge >= 0.3 is 12.1 Å². The van der Waals surface area contributed by atoms with E-state index in [9.17, 15) is 22.5 Å². The van der Waals surface area contributed by atoms with Crippen molar-refractivity contribution in [2.24, 2.45) is 10.7 Å². The largest absolute Gasteiger partial charge is 0.497 e. The van der Waals surface area contributed by atoms with E-state index in [1.807, 2.05) is 0 Å². The van der Waals surface area contributed by atoms with Crippen molar-refractivity contribution in [2.75, 3.05) is 38.7 Å². The lowest BCUT2D eigenvalue weighted by atomic mass is 10.1. The van der Waals surface area contributed by atoms with E-state index >= 15 is 0 Å². The maximum atomic E-state index is 14.3. The monoisotopic (exact) mass is 589 g/mol. The van der Waals surface area contributed by atoms with E-state index in [1.54, 1.807) is 11.5 Å². The quantitative estimate of drug-likeness (QED) is 0.147. The summed E-state index contributed by atoms with van der Waals surface area (Å²) in [5.74, 6) is 0.320. The van der Waals surface area contributed by atoms with Gasteiger partial charge in [-0.2, -0.15) is 13.2 Å². The highest BCUT2D eigenvalue weighted by atomic mass is 31.2. The van der Waals surface area contributed by atoms with Crippen molar-refractivity contribution in [1.82, 2.24) is 19.7 Å². The fourth-order valence-corrected chi connectivity index (χ4v) is 6.19. The zero-order chi connectivity index (χ0) is 29.6. The van der Waals surface area contributed by atoms with E-state index < -0.39 is 37.5 Å². The van der Waals surface area contributed by atoms with Crippen LogP contribution < -0.4 is 26.0 Å². The van der Waals surface area contributed by atoms with Crippen molar-refractivity contribution in [1.29, 1.82) is 0 Å². The first kappa shape index (κ1) is 31.4. The molecule has 0 fully saturated rings. The number of nitrogens with two attached hydrogens (primary N) is 1. The lowest BCUT2D eigenvalue weighted by molar-refractivity contribution is -0.153. The summed E-state index contributed by atoms with van der Waals surface area (Å²) in [6.45, 7) is 5.11. The van der Waals surface area contributed by atoms with E-state index in [4.69, 9.17) is 19.9 Å². The first-order valence-electron chi connectivity index (χ1n) is 12.5. The number of fused-ring (bicyclic) bond motifs is 1. The van der Waals surface area contributed by atoms with Gasteiger partial charge < -0.3 is 29.8 Å². The highest BCUT2D eigenvalue weighted by Crippen LogP contribution is 2.46. The van der Waals surface area contributed by atoms with Gasteiger partial charge in [-0.05, 0) is 38.0 Å². The maximum Gasteiger partial charge on any atom is 0.408 e. The van der Waals surface area contributed by atoms with Crippen LogP contribution in [0.4, 0.5) is 19.0 Å². The Morgan fingerprint density at radius 1 is 1.30 bits per heavy atom. The predicted octanol–water partition coefficient (Wildman–Crippen LogP) is 3.36. The number of aliphatic imine (C=N–C) groups is 1. The van der Waals surface area contributed by atoms with E-state index in [2.05, 4.69) is 25.5 Å². The molecule has 0 amide bonds. The summed E-state index contributed by atoms with van der Waals surface area (Å²) < 4.78 is 74.4. The van der Waals surface area contributed by atoms with E-state index in [0.29, 0.717) is 17.9 Å². The summed E-state index contributed by atoms with van der Waals surface area (Å²) in [6, 6.07) is 2.96. The molecule has 0 spiro atoms. The van der Waals surface area contributed by atoms with Gasteiger partial charge in [0.15, 0.2) is 0 Å². The molecule has 2 heterocycles. The van der Waals surface area contributed by atoms with Gasteiger partial charge in [0.25, 0.3) is 0 Å². The van der Waals surface area contributed by atoms with Crippen LogP contribution in [0.2, 0.25) is 0 Å². The molecule has 1 aliphatic heterocycles. The Morgan fingerprint density at radius 3 is 2.73 bits per heavy atom. The molecule has 0 unspecified atom stereocenters. The van der Waals surface area contributed by atoms with Gasteiger partial charge in [-0.15, -0.1) is 0 Å². The zero-order valence-electron chi connectivity index (χ0n) is 22.7. The van der Waals surface area contributed by atoms with Crippen LogP contribution in [0.25, 0.3) is 0 Å². The van der Waals surface area contributed by atoms with Crippen LogP contribution in [0, 0.1) is 0 Å². The first-order valence-corrected chi connectivity index (χ1v) is 14.4. The van der Waals surface area contributed by atoms with Crippen LogP contribution in [-0.4, -0.2) is 66.4 Å². The van der Waals surface area contributed by atoms with Crippen molar-refractivity contribution >= 4 is 25.1 Å². The number of nitrogens with one attached hydrogen (secondary N) is 3. The number of hydrogen-bond acceptors (Lipinski definition) is 9. The van der Waals surface area contributed by atoms with Gasteiger partial charge in [-0.1, -0.05) is 19.1 Å². The van der Waals surface area contributed by atoms with Crippen LogP contribution >= 0.6 is 7.44 Å². The van der Waals surface area contributed by atoms with Gasteiger partial charge in [0.2, 0.25) is 7.44 Å². The highest BCUT2D eigenvalue weighted by Gasteiger charge is 2.47. The van der Waals surface area contributed by atoms with Crippen molar-refractivity contribution in [3.63, 3.8) is 0 Å². The number of nitrogens with zero attached hydrogens (tertiary/aromatic N) is 3. The Hall–Kier alpha value is -3.13. The Morgan fingerprint density at radius 2 is 2.05 bits per heavy atom. The number of aromatic nitrogens is 2. The van der Waals surface area contributed by atoms with Crippen LogP contribution in [0.3, 0.4) is 0 Å². The molecule has 0 aliphatic carbocycles. The van der Waals surface area contributed by atoms with Crippen LogP contribution in [0.15, 0.2) is 35.6 Å². The summed E-state index contributed by atoms with van der Waals surface area (Å²) in [5, 5.41) is 7.84. The normalized spacial score (nSPS) is 15.8. The Bertz CT molecular complexity index is 1250. The second kappa shape index (κ2) is 13.0. The van der Waals surface area contributed by atoms with Crippen LogP contribution in [0.5, 0.6) is 5.75 Å². The molecule has 12 nitrogen and oxygen atoms in total. The van der Waals surface area contributed by atoms with E-state index in [0.717, 1.165) is 0 Å². The Labute approximate surface area is 230 Å². The second-order valence-corrected chi connectivity index (χ2v) is 11.8. The average molecular weight is 590 g/mol. The number of anilines is 1. The summed E-state index contributed by atoms with van der Waals surface area (Å²) in [7, 11) is -2.94. The molecule has 16 heteroatoms. The molecule has 3 rings (SSSR count). The molecule has 222 valence electrons. The molecule has 0 saturated heterocycles. The Balaban J connectivity index is 1.82. The Kier molecular flexibility index (Phi) is 10.2. The molecule has 1 aromatic heterocycles. The van der Waals surface area contributed by atoms with Gasteiger partial charge in [0.05, 0.1) is 26.7 Å². The number of methoxy groups -OCH3 is 1. The SMILES string of the molecule is CCCOC(=O)C(C)(C)N[P@](=O)(COCCn1cnc2c1NCN=C2N)N[C@@H](c1cccc(OC)c1)C(F)(F)F. The molecule has 40 heavy (non-hydrogen) atoms. The fraction of sp³-hybridized carbons (Fsp3) is 0.542. The molecule has 0 bridgehead atoms. The topological polar surface area (TPSA) is 154 Å². The molecule has 5 N–H and O–H groups in total. The van der Waals surface area contributed by atoms with E-state index in [1.165, 1.54) is 51.6 Å². The summed E-state index contributed by atoms with van der Waals surface area (Å²) in [4.78, 5) is 20.9. The molecule has 2 atom stereocenters. The molecule has 0 radical (unpaired) electrons. The smallest absolute Gasteiger partial charge is 0.408 e. The average Bonchev–Trinajstić information content (AvgIpc) is 3.32. The van der Waals surface area contributed by atoms with Gasteiger partial charge in [0, 0.05) is 6.54 Å². The van der Waals surface area contributed by atoms with Crippen molar-refractivity contribution < 1.29 is 36.7 Å². The molecule has 0 saturated carbocycles. The number of rotatable bonds is 14. The standard InChI is InChI=1S/C24H35F3N7O5P/c1-5-10-39-22(35)23(2,3)33-40(36,32-19(24(25,26)27)16-7-6-8-17(12-16)37-4)15-38-11-9-34-14-31-18-20(28)29-13-30-21(18)34/h6-8,12,14,19,30H,5,9-11,13,15H2,1-4H3,(H2,28,29)(H2,32,33,36)/t19-,40-/m0/s1. The van der Waals surface area contributed by atoms with Crippen molar-refractivity contribution in [2.45, 2.75) is 51.5 Å². The van der Waals surface area contributed by atoms with Gasteiger partial charge in [-0.3, -0.25) is 9.36 Å². The number of carbonyl (C=O) groups excluding carboxylic acids is 1. The highest BCUT2D eigenvalue weighted by molar-refractivity contribution is 7.59.